The van der Waals surface area contributed by atoms with Gasteiger partial charge in [0, 0.05) is 12.1 Å². The first kappa shape index (κ1) is 12.4. The molecule has 0 amide bonds. The van der Waals surface area contributed by atoms with Gasteiger partial charge in [0.25, 0.3) is 0 Å². The van der Waals surface area contributed by atoms with E-state index in [0.717, 1.165) is 18.8 Å². The van der Waals surface area contributed by atoms with Gasteiger partial charge in [0.2, 0.25) is 0 Å². The van der Waals surface area contributed by atoms with Gasteiger partial charge in [-0.2, -0.15) is 0 Å². The molecule has 3 heteroatoms. The Morgan fingerprint density at radius 2 is 1.88 bits per heavy atom. The second kappa shape index (κ2) is 6.03. The normalized spacial score (nSPS) is 18.9. The second-order valence-corrected chi connectivity index (χ2v) is 4.69. The average molecular weight is 234 g/mol. The Hall–Kier alpha value is -1.06. The highest BCUT2D eigenvalue weighted by Crippen LogP contribution is 2.18. The molecule has 17 heavy (non-hydrogen) atoms. The summed E-state index contributed by atoms with van der Waals surface area (Å²) in [6.07, 6.45) is 2.45. The van der Waals surface area contributed by atoms with E-state index in [1.165, 1.54) is 18.4 Å². The molecule has 94 valence electrons. The topological polar surface area (TPSA) is 33.3 Å². The Bertz CT molecular complexity index is 331. The van der Waals surface area contributed by atoms with Gasteiger partial charge in [0.15, 0.2) is 0 Å². The number of rotatable bonds is 4. The lowest BCUT2D eigenvalue weighted by molar-refractivity contribution is 0.359. The SMILES string of the molecule is COc1ccc([C@@H](C)NC2CCNCC2)cc1. The molecule has 0 saturated carbocycles. The molecule has 0 radical (unpaired) electrons. The van der Waals surface area contributed by atoms with E-state index < -0.39 is 0 Å². The van der Waals surface area contributed by atoms with Gasteiger partial charge in [-0.3, -0.25) is 0 Å². The molecule has 0 aliphatic carbocycles. The van der Waals surface area contributed by atoms with Crippen LogP contribution in [-0.2, 0) is 0 Å². The quantitative estimate of drug-likeness (QED) is 0.837. The zero-order valence-corrected chi connectivity index (χ0v) is 10.7. The van der Waals surface area contributed by atoms with Crippen molar-refractivity contribution in [2.45, 2.75) is 31.8 Å². The number of piperidine rings is 1. The summed E-state index contributed by atoms with van der Waals surface area (Å²) in [6.45, 7) is 4.49. The Kier molecular flexibility index (Phi) is 4.40. The van der Waals surface area contributed by atoms with Crippen LogP contribution >= 0.6 is 0 Å². The van der Waals surface area contributed by atoms with Gasteiger partial charge in [-0.05, 0) is 50.6 Å². The first-order valence-electron chi connectivity index (χ1n) is 6.40. The molecule has 1 heterocycles. The van der Waals surface area contributed by atoms with Gasteiger partial charge in [0.1, 0.15) is 5.75 Å². The monoisotopic (exact) mass is 234 g/mol. The van der Waals surface area contributed by atoms with Crippen molar-refractivity contribution in [3.63, 3.8) is 0 Å². The van der Waals surface area contributed by atoms with Crippen molar-refractivity contribution >= 4 is 0 Å². The molecule has 1 aromatic rings. The van der Waals surface area contributed by atoms with E-state index in [1.807, 2.05) is 12.1 Å². The van der Waals surface area contributed by atoms with E-state index in [-0.39, 0.29) is 0 Å². The van der Waals surface area contributed by atoms with Gasteiger partial charge < -0.3 is 15.4 Å². The van der Waals surface area contributed by atoms with Crippen LogP contribution in [0.15, 0.2) is 24.3 Å². The molecular formula is C14H22N2O. The molecule has 1 aliphatic heterocycles. The molecule has 3 nitrogen and oxygen atoms in total. The highest BCUT2D eigenvalue weighted by atomic mass is 16.5. The lowest BCUT2D eigenvalue weighted by Gasteiger charge is -2.27. The summed E-state index contributed by atoms with van der Waals surface area (Å²) < 4.78 is 5.17. The van der Waals surface area contributed by atoms with E-state index in [2.05, 4.69) is 29.7 Å². The van der Waals surface area contributed by atoms with Crippen molar-refractivity contribution in [2.24, 2.45) is 0 Å². The van der Waals surface area contributed by atoms with Gasteiger partial charge in [0.05, 0.1) is 7.11 Å². The maximum atomic E-state index is 5.17. The molecule has 0 spiro atoms. The van der Waals surface area contributed by atoms with E-state index in [0.29, 0.717) is 12.1 Å². The molecule has 1 saturated heterocycles. The maximum Gasteiger partial charge on any atom is 0.118 e. The van der Waals surface area contributed by atoms with Crippen molar-refractivity contribution in [1.29, 1.82) is 0 Å². The lowest BCUT2D eigenvalue weighted by Crippen LogP contribution is -2.40. The van der Waals surface area contributed by atoms with E-state index in [4.69, 9.17) is 4.74 Å². The Morgan fingerprint density at radius 3 is 2.47 bits per heavy atom. The summed E-state index contributed by atoms with van der Waals surface area (Å²) in [7, 11) is 1.70. The predicted molar refractivity (Wildman–Crippen MR) is 70.4 cm³/mol. The number of methoxy groups -OCH3 is 1. The standard InChI is InChI=1S/C14H22N2O/c1-11(16-13-7-9-15-10-8-13)12-3-5-14(17-2)6-4-12/h3-6,11,13,15-16H,7-10H2,1-2H3/t11-/m1/s1. The van der Waals surface area contributed by atoms with Crippen LogP contribution in [0.5, 0.6) is 5.75 Å². The number of ether oxygens (including phenoxy) is 1. The highest BCUT2D eigenvalue weighted by Gasteiger charge is 2.15. The minimum Gasteiger partial charge on any atom is -0.497 e. The Balaban J connectivity index is 1.91. The second-order valence-electron chi connectivity index (χ2n) is 4.69. The summed E-state index contributed by atoms with van der Waals surface area (Å²) in [5, 5.41) is 7.08. The van der Waals surface area contributed by atoms with E-state index in [9.17, 15) is 0 Å². The molecule has 0 aromatic heterocycles. The molecule has 2 rings (SSSR count). The van der Waals surface area contributed by atoms with Crippen LogP contribution in [0.1, 0.15) is 31.4 Å². The summed E-state index contributed by atoms with van der Waals surface area (Å²) in [5.74, 6) is 0.919. The van der Waals surface area contributed by atoms with E-state index in [1.54, 1.807) is 7.11 Å². The Morgan fingerprint density at radius 1 is 1.24 bits per heavy atom. The number of nitrogens with one attached hydrogen (secondary N) is 2. The first-order valence-corrected chi connectivity index (χ1v) is 6.40. The minimum atomic E-state index is 0.406. The third-order valence-corrected chi connectivity index (χ3v) is 3.44. The summed E-state index contributed by atoms with van der Waals surface area (Å²) >= 11 is 0. The van der Waals surface area contributed by atoms with Crippen LogP contribution in [0, 0.1) is 0 Å². The van der Waals surface area contributed by atoms with Crippen LogP contribution in [0.3, 0.4) is 0 Å². The maximum absolute atomic E-state index is 5.17. The zero-order valence-electron chi connectivity index (χ0n) is 10.7. The molecule has 0 bridgehead atoms. The van der Waals surface area contributed by atoms with Crippen LogP contribution < -0.4 is 15.4 Å². The summed E-state index contributed by atoms with van der Waals surface area (Å²) in [5.41, 5.74) is 1.32. The number of benzene rings is 1. The molecular weight excluding hydrogens is 212 g/mol. The van der Waals surface area contributed by atoms with Crippen LogP contribution in [0.2, 0.25) is 0 Å². The highest BCUT2D eigenvalue weighted by molar-refractivity contribution is 5.28. The van der Waals surface area contributed by atoms with Crippen molar-refractivity contribution in [3.8, 4) is 5.75 Å². The van der Waals surface area contributed by atoms with Gasteiger partial charge in [-0.1, -0.05) is 12.1 Å². The van der Waals surface area contributed by atoms with Gasteiger partial charge in [-0.15, -0.1) is 0 Å². The van der Waals surface area contributed by atoms with Gasteiger partial charge in [-0.25, -0.2) is 0 Å². The molecule has 1 aliphatic rings. The smallest absolute Gasteiger partial charge is 0.118 e. The predicted octanol–water partition coefficient (Wildman–Crippen LogP) is 2.10. The average Bonchev–Trinajstić information content (AvgIpc) is 2.40. The fraction of sp³-hybridized carbons (Fsp3) is 0.571. The lowest BCUT2D eigenvalue weighted by atomic mass is 10.0. The fourth-order valence-electron chi connectivity index (χ4n) is 2.33. The molecule has 1 aromatic carbocycles. The van der Waals surface area contributed by atoms with Crippen molar-refractivity contribution in [3.05, 3.63) is 29.8 Å². The fourth-order valence-corrected chi connectivity index (χ4v) is 2.33. The summed E-state index contributed by atoms with van der Waals surface area (Å²) in [6, 6.07) is 9.37. The summed E-state index contributed by atoms with van der Waals surface area (Å²) in [4.78, 5) is 0. The van der Waals surface area contributed by atoms with Crippen molar-refractivity contribution in [2.75, 3.05) is 20.2 Å². The van der Waals surface area contributed by atoms with E-state index >= 15 is 0 Å². The molecule has 1 atom stereocenters. The van der Waals surface area contributed by atoms with Crippen LogP contribution in [0.25, 0.3) is 0 Å². The third kappa shape index (κ3) is 3.45. The third-order valence-electron chi connectivity index (χ3n) is 3.44. The minimum absolute atomic E-state index is 0.406. The molecule has 2 N–H and O–H groups in total. The molecule has 1 fully saturated rings. The largest absolute Gasteiger partial charge is 0.497 e. The first-order chi connectivity index (χ1) is 8.29. The van der Waals surface area contributed by atoms with Crippen LogP contribution in [0.4, 0.5) is 0 Å². The Labute approximate surface area is 104 Å². The van der Waals surface area contributed by atoms with Crippen molar-refractivity contribution in [1.82, 2.24) is 10.6 Å². The number of hydrogen-bond donors (Lipinski definition) is 2. The van der Waals surface area contributed by atoms with Crippen molar-refractivity contribution < 1.29 is 4.74 Å². The zero-order chi connectivity index (χ0) is 12.1. The van der Waals surface area contributed by atoms with Crippen LogP contribution in [-0.4, -0.2) is 26.2 Å². The molecule has 0 unspecified atom stereocenters. The van der Waals surface area contributed by atoms with Gasteiger partial charge >= 0.3 is 0 Å². The number of hydrogen-bond acceptors (Lipinski definition) is 3.